The molecule has 1 saturated heterocycles. The first kappa shape index (κ1) is 15.1. The minimum atomic E-state index is -0.0448. The number of amides is 1. The third-order valence-corrected chi connectivity index (χ3v) is 6.68. The number of fused-ring (bicyclic) bond motifs is 1. The summed E-state index contributed by atoms with van der Waals surface area (Å²) in [6.07, 6.45) is 2.08. The highest BCUT2D eigenvalue weighted by Crippen LogP contribution is 2.41. The molecule has 2 aliphatic rings. The van der Waals surface area contributed by atoms with Gasteiger partial charge >= 0.3 is 0 Å². The highest BCUT2D eigenvalue weighted by atomic mass is 32.2. The van der Waals surface area contributed by atoms with E-state index in [1.54, 1.807) is 11.8 Å². The van der Waals surface area contributed by atoms with Crippen molar-refractivity contribution in [3.05, 3.63) is 15.9 Å². The molecular weight excluding hydrogens is 306 g/mol. The SMILES string of the molecule is CC(C)[C@@H]1SCC(=O)Nc2c1c(=O)[nH]n2C1CCSCC1. The zero-order valence-corrected chi connectivity index (χ0v) is 14.0. The van der Waals surface area contributed by atoms with E-state index in [9.17, 15) is 9.59 Å². The zero-order chi connectivity index (χ0) is 15.0. The van der Waals surface area contributed by atoms with Crippen molar-refractivity contribution in [2.24, 2.45) is 5.92 Å². The Morgan fingerprint density at radius 2 is 1.95 bits per heavy atom. The summed E-state index contributed by atoms with van der Waals surface area (Å²) in [4.78, 5) is 24.4. The van der Waals surface area contributed by atoms with Crippen LogP contribution in [0.4, 0.5) is 5.82 Å². The molecule has 0 saturated carbocycles. The van der Waals surface area contributed by atoms with E-state index in [0.29, 0.717) is 23.5 Å². The molecule has 116 valence electrons. The number of H-pyrrole nitrogens is 1. The summed E-state index contributed by atoms with van der Waals surface area (Å²) >= 11 is 3.52. The summed E-state index contributed by atoms with van der Waals surface area (Å²) in [5.74, 6) is 3.65. The lowest BCUT2D eigenvalue weighted by atomic mass is 10.0. The number of thioether (sulfide) groups is 2. The van der Waals surface area contributed by atoms with Crippen molar-refractivity contribution in [1.29, 1.82) is 0 Å². The molecule has 1 aromatic rings. The fourth-order valence-electron chi connectivity index (χ4n) is 3.01. The molecule has 3 rings (SSSR count). The van der Waals surface area contributed by atoms with E-state index in [2.05, 4.69) is 24.3 Å². The van der Waals surface area contributed by atoms with E-state index < -0.39 is 0 Å². The number of aromatic amines is 1. The zero-order valence-electron chi connectivity index (χ0n) is 12.3. The molecule has 0 unspecified atom stereocenters. The lowest BCUT2D eigenvalue weighted by molar-refractivity contribution is -0.113. The Hall–Kier alpha value is -0.820. The fraction of sp³-hybridized carbons (Fsp3) is 0.714. The van der Waals surface area contributed by atoms with Crippen molar-refractivity contribution < 1.29 is 4.79 Å². The smallest absolute Gasteiger partial charge is 0.270 e. The van der Waals surface area contributed by atoms with Gasteiger partial charge < -0.3 is 5.32 Å². The van der Waals surface area contributed by atoms with Crippen LogP contribution in [-0.2, 0) is 4.79 Å². The third-order valence-electron chi connectivity index (χ3n) is 4.06. The van der Waals surface area contributed by atoms with E-state index >= 15 is 0 Å². The molecule has 7 heteroatoms. The third kappa shape index (κ3) is 2.90. The quantitative estimate of drug-likeness (QED) is 0.876. The Bertz CT molecular complexity index is 588. The Morgan fingerprint density at radius 3 is 2.62 bits per heavy atom. The van der Waals surface area contributed by atoms with E-state index in [0.717, 1.165) is 29.9 Å². The second-order valence-corrected chi connectivity index (χ2v) is 8.30. The monoisotopic (exact) mass is 327 g/mol. The molecule has 0 bridgehead atoms. The summed E-state index contributed by atoms with van der Waals surface area (Å²) in [7, 11) is 0. The number of aromatic nitrogens is 2. The maximum Gasteiger partial charge on any atom is 0.270 e. The molecule has 1 amide bonds. The number of carbonyl (C=O) groups excluding carboxylic acids is 1. The predicted molar refractivity (Wildman–Crippen MR) is 89.3 cm³/mol. The molecule has 5 nitrogen and oxygen atoms in total. The van der Waals surface area contributed by atoms with Gasteiger partial charge in [0.2, 0.25) is 5.91 Å². The van der Waals surface area contributed by atoms with E-state index in [4.69, 9.17) is 0 Å². The Balaban J connectivity index is 2.06. The van der Waals surface area contributed by atoms with Gasteiger partial charge in [-0.3, -0.25) is 19.4 Å². The van der Waals surface area contributed by atoms with Crippen molar-refractivity contribution in [3.63, 3.8) is 0 Å². The fourth-order valence-corrected chi connectivity index (χ4v) is 5.27. The summed E-state index contributed by atoms with van der Waals surface area (Å²) in [5.41, 5.74) is 0.704. The highest BCUT2D eigenvalue weighted by molar-refractivity contribution is 8.00. The minimum Gasteiger partial charge on any atom is -0.310 e. The van der Waals surface area contributed by atoms with Gasteiger partial charge in [0.1, 0.15) is 5.82 Å². The first-order chi connectivity index (χ1) is 10.1. The molecule has 2 N–H and O–H groups in total. The van der Waals surface area contributed by atoms with E-state index in [-0.39, 0.29) is 16.7 Å². The van der Waals surface area contributed by atoms with Crippen LogP contribution >= 0.6 is 23.5 Å². The van der Waals surface area contributed by atoms with Gasteiger partial charge in [-0.1, -0.05) is 13.8 Å². The first-order valence-electron chi connectivity index (χ1n) is 7.41. The van der Waals surface area contributed by atoms with Gasteiger partial charge in [-0.15, -0.1) is 11.8 Å². The molecule has 0 spiro atoms. The summed E-state index contributed by atoms with van der Waals surface area (Å²) in [5, 5.41) is 6.01. The largest absolute Gasteiger partial charge is 0.310 e. The standard InChI is InChI=1S/C14H21N3O2S2/c1-8(2)12-11-13(15-10(18)7-21-12)17(16-14(11)19)9-3-5-20-6-4-9/h8-9,12H,3-7H2,1-2H3,(H,15,18)(H,16,19)/t12-/m0/s1. The van der Waals surface area contributed by atoms with Crippen LogP contribution in [-0.4, -0.2) is 32.9 Å². The van der Waals surface area contributed by atoms with Crippen molar-refractivity contribution in [3.8, 4) is 0 Å². The lowest BCUT2D eigenvalue weighted by Crippen LogP contribution is -2.22. The van der Waals surface area contributed by atoms with Crippen molar-refractivity contribution in [2.45, 2.75) is 38.0 Å². The van der Waals surface area contributed by atoms with Crippen LogP contribution in [0.15, 0.2) is 4.79 Å². The molecule has 2 aliphatic heterocycles. The van der Waals surface area contributed by atoms with E-state index in [1.807, 2.05) is 16.4 Å². The van der Waals surface area contributed by atoms with Gasteiger partial charge in [0.25, 0.3) is 5.56 Å². The topological polar surface area (TPSA) is 66.9 Å². The minimum absolute atomic E-state index is 0.0117. The van der Waals surface area contributed by atoms with E-state index in [1.165, 1.54) is 0 Å². The maximum atomic E-state index is 12.5. The molecular formula is C14H21N3O2S2. The number of nitrogens with one attached hydrogen (secondary N) is 2. The molecule has 21 heavy (non-hydrogen) atoms. The number of hydrogen-bond acceptors (Lipinski definition) is 4. The van der Waals surface area contributed by atoms with Gasteiger partial charge in [0, 0.05) is 5.25 Å². The molecule has 3 heterocycles. The van der Waals surface area contributed by atoms with Crippen LogP contribution in [0.5, 0.6) is 0 Å². The Kier molecular flexibility index (Phi) is 4.40. The Morgan fingerprint density at radius 1 is 1.24 bits per heavy atom. The summed E-state index contributed by atoms with van der Waals surface area (Å²) in [6, 6.07) is 0.291. The number of nitrogens with zero attached hydrogens (tertiary/aromatic N) is 1. The van der Waals surface area contributed by atoms with Crippen LogP contribution in [0.2, 0.25) is 0 Å². The normalized spacial score (nSPS) is 23.8. The number of rotatable bonds is 2. The highest BCUT2D eigenvalue weighted by Gasteiger charge is 2.32. The van der Waals surface area contributed by atoms with Crippen molar-refractivity contribution >= 4 is 35.2 Å². The number of carbonyl (C=O) groups is 1. The van der Waals surface area contributed by atoms with Crippen LogP contribution < -0.4 is 10.9 Å². The van der Waals surface area contributed by atoms with Crippen LogP contribution in [0.3, 0.4) is 0 Å². The number of anilines is 1. The molecule has 1 atom stereocenters. The van der Waals surface area contributed by atoms with Gasteiger partial charge in [-0.25, -0.2) is 0 Å². The average molecular weight is 327 g/mol. The van der Waals surface area contributed by atoms with Gasteiger partial charge in [-0.05, 0) is 30.3 Å². The molecule has 1 fully saturated rings. The lowest BCUT2D eigenvalue weighted by Gasteiger charge is -2.24. The average Bonchev–Trinajstić information content (AvgIpc) is 2.67. The molecule has 1 aromatic heterocycles. The second kappa shape index (κ2) is 6.12. The van der Waals surface area contributed by atoms with Gasteiger partial charge in [0.15, 0.2) is 0 Å². The number of hydrogen-bond donors (Lipinski definition) is 2. The second-order valence-electron chi connectivity index (χ2n) is 5.94. The summed E-state index contributed by atoms with van der Waals surface area (Å²) in [6.45, 7) is 4.20. The van der Waals surface area contributed by atoms with Gasteiger partial charge in [-0.2, -0.15) is 11.8 Å². The first-order valence-corrected chi connectivity index (χ1v) is 9.62. The van der Waals surface area contributed by atoms with Crippen molar-refractivity contribution in [2.75, 3.05) is 22.6 Å². The Labute approximate surface area is 132 Å². The van der Waals surface area contributed by atoms with Crippen LogP contribution in [0.1, 0.15) is 43.5 Å². The maximum absolute atomic E-state index is 12.5. The van der Waals surface area contributed by atoms with Crippen LogP contribution in [0, 0.1) is 5.92 Å². The summed E-state index contributed by atoms with van der Waals surface area (Å²) < 4.78 is 1.93. The van der Waals surface area contributed by atoms with Crippen molar-refractivity contribution in [1.82, 2.24) is 9.78 Å². The molecule has 0 radical (unpaired) electrons. The molecule has 0 aromatic carbocycles. The van der Waals surface area contributed by atoms with Crippen LogP contribution in [0.25, 0.3) is 0 Å². The van der Waals surface area contributed by atoms with Gasteiger partial charge in [0.05, 0.1) is 17.4 Å². The molecule has 0 aliphatic carbocycles. The predicted octanol–water partition coefficient (Wildman–Crippen LogP) is 2.63.